The number of carbonyl (C=O) groups excluding carboxylic acids is 1. The van der Waals surface area contributed by atoms with Gasteiger partial charge in [0.05, 0.1) is 24.1 Å². The molecule has 0 bridgehead atoms. The van der Waals surface area contributed by atoms with Crippen LogP contribution in [0, 0.1) is 5.92 Å². The molecule has 3 aromatic heterocycles. The first-order chi connectivity index (χ1) is 15.8. The number of aromatic nitrogens is 3. The van der Waals surface area contributed by atoms with Crippen LogP contribution < -0.4 is 15.0 Å². The molecule has 8 nitrogen and oxygen atoms in total. The van der Waals surface area contributed by atoms with E-state index in [1.807, 2.05) is 30.3 Å². The molecule has 2 fully saturated rings. The lowest BCUT2D eigenvalue weighted by molar-refractivity contribution is -0.121. The second kappa shape index (κ2) is 9.48. The van der Waals surface area contributed by atoms with Crippen molar-refractivity contribution in [1.29, 1.82) is 0 Å². The maximum absolute atomic E-state index is 12.6. The Bertz CT molecular complexity index is 1060. The molecular weight excluding hydrogens is 406 g/mol. The average molecular weight is 434 g/mol. The number of hydrogen-bond donors (Lipinski definition) is 1. The first-order valence-corrected chi connectivity index (χ1v) is 11.2. The molecule has 8 heteroatoms. The van der Waals surface area contributed by atoms with Gasteiger partial charge >= 0.3 is 0 Å². The molecule has 1 saturated heterocycles. The zero-order valence-corrected chi connectivity index (χ0v) is 17.9. The summed E-state index contributed by atoms with van der Waals surface area (Å²) in [7, 11) is 0. The van der Waals surface area contributed by atoms with Crippen LogP contribution in [0.3, 0.4) is 0 Å². The Morgan fingerprint density at radius 1 is 1.03 bits per heavy atom. The summed E-state index contributed by atoms with van der Waals surface area (Å²) >= 11 is 0. The lowest BCUT2D eigenvalue weighted by Gasteiger charge is -2.30. The standard InChI is InChI=1S/C24H27N5O3/c30-23(27-21-5-1-2-10-26-21)17-6-8-18(9-7-17)32-24-19-4-3-11-25-20(19)16-22(28-24)29-12-14-31-15-13-29/h1-5,10-11,16-18H,6-9,12-15H2,(H,26,27,30)/t17-,18+. The molecule has 0 atom stereocenters. The lowest BCUT2D eigenvalue weighted by Crippen LogP contribution is -2.37. The zero-order chi connectivity index (χ0) is 21.8. The fourth-order valence-corrected chi connectivity index (χ4v) is 4.34. The molecule has 1 N–H and O–H groups in total. The maximum Gasteiger partial charge on any atom is 0.228 e. The van der Waals surface area contributed by atoms with Crippen molar-refractivity contribution in [3.05, 3.63) is 48.8 Å². The van der Waals surface area contributed by atoms with Crippen molar-refractivity contribution in [2.45, 2.75) is 31.8 Å². The van der Waals surface area contributed by atoms with Gasteiger partial charge in [-0.15, -0.1) is 0 Å². The van der Waals surface area contributed by atoms with Gasteiger partial charge in [-0.1, -0.05) is 6.07 Å². The van der Waals surface area contributed by atoms with E-state index >= 15 is 0 Å². The highest BCUT2D eigenvalue weighted by atomic mass is 16.5. The van der Waals surface area contributed by atoms with Gasteiger partial charge in [0, 0.05) is 37.5 Å². The van der Waals surface area contributed by atoms with Crippen LogP contribution in [-0.4, -0.2) is 53.3 Å². The first kappa shape index (κ1) is 20.6. The molecule has 0 unspecified atom stereocenters. The average Bonchev–Trinajstić information content (AvgIpc) is 2.85. The number of carbonyl (C=O) groups is 1. The molecule has 5 rings (SSSR count). The number of amides is 1. The second-order valence-corrected chi connectivity index (χ2v) is 8.25. The summed E-state index contributed by atoms with van der Waals surface area (Å²) in [5.41, 5.74) is 0.877. The van der Waals surface area contributed by atoms with Crippen molar-refractivity contribution in [2.75, 3.05) is 36.5 Å². The largest absolute Gasteiger partial charge is 0.474 e. The molecule has 1 amide bonds. The van der Waals surface area contributed by atoms with E-state index in [0.717, 1.165) is 55.5 Å². The van der Waals surface area contributed by atoms with Crippen LogP contribution in [0.1, 0.15) is 25.7 Å². The van der Waals surface area contributed by atoms with Gasteiger partial charge in [-0.05, 0) is 49.9 Å². The SMILES string of the molecule is O=C(Nc1ccccn1)[C@H]1CC[C@@H](Oc2nc(N3CCOCC3)cc3ncccc23)CC1. The van der Waals surface area contributed by atoms with Crippen LogP contribution in [0.5, 0.6) is 5.88 Å². The third-order valence-corrected chi connectivity index (χ3v) is 6.13. The Hall–Kier alpha value is -3.26. The summed E-state index contributed by atoms with van der Waals surface area (Å²) in [6.07, 6.45) is 6.69. The normalized spacial score (nSPS) is 21.3. The highest BCUT2D eigenvalue weighted by Crippen LogP contribution is 2.32. The van der Waals surface area contributed by atoms with E-state index in [0.29, 0.717) is 24.9 Å². The van der Waals surface area contributed by atoms with Crippen LogP contribution in [0.2, 0.25) is 0 Å². The predicted octanol–water partition coefficient (Wildman–Crippen LogP) is 3.44. The number of anilines is 2. The molecule has 2 aliphatic rings. The van der Waals surface area contributed by atoms with Gasteiger partial charge in [0.15, 0.2) is 0 Å². The molecule has 32 heavy (non-hydrogen) atoms. The number of ether oxygens (including phenoxy) is 2. The first-order valence-electron chi connectivity index (χ1n) is 11.2. The van der Waals surface area contributed by atoms with Gasteiger partial charge in [0.2, 0.25) is 11.8 Å². The third kappa shape index (κ3) is 4.65. The Morgan fingerprint density at radius 2 is 1.84 bits per heavy atom. The van der Waals surface area contributed by atoms with Crippen LogP contribution >= 0.6 is 0 Å². The molecule has 1 aliphatic carbocycles. The molecule has 0 radical (unpaired) electrons. The molecule has 1 saturated carbocycles. The molecule has 3 aromatic rings. The van der Waals surface area contributed by atoms with E-state index in [1.54, 1.807) is 18.5 Å². The maximum atomic E-state index is 12.6. The summed E-state index contributed by atoms with van der Waals surface area (Å²) < 4.78 is 11.9. The van der Waals surface area contributed by atoms with E-state index in [2.05, 4.69) is 20.2 Å². The number of pyridine rings is 3. The Kier molecular flexibility index (Phi) is 6.11. The second-order valence-electron chi connectivity index (χ2n) is 8.25. The van der Waals surface area contributed by atoms with Gasteiger partial charge in [0.1, 0.15) is 17.7 Å². The smallest absolute Gasteiger partial charge is 0.228 e. The molecular formula is C24H27N5O3. The lowest BCUT2D eigenvalue weighted by atomic mass is 9.86. The van der Waals surface area contributed by atoms with E-state index in [-0.39, 0.29) is 17.9 Å². The number of fused-ring (bicyclic) bond motifs is 1. The fraction of sp³-hybridized carbons (Fsp3) is 0.417. The summed E-state index contributed by atoms with van der Waals surface area (Å²) in [6, 6.07) is 11.4. The summed E-state index contributed by atoms with van der Waals surface area (Å²) in [6.45, 7) is 3.01. The third-order valence-electron chi connectivity index (χ3n) is 6.13. The van der Waals surface area contributed by atoms with E-state index in [9.17, 15) is 4.79 Å². The Morgan fingerprint density at radius 3 is 2.62 bits per heavy atom. The van der Waals surface area contributed by atoms with Crippen LogP contribution in [0.4, 0.5) is 11.6 Å². The number of rotatable bonds is 5. The summed E-state index contributed by atoms with van der Waals surface area (Å²) in [4.78, 5) is 28.4. The summed E-state index contributed by atoms with van der Waals surface area (Å²) in [5.74, 6) is 2.10. The molecule has 166 valence electrons. The van der Waals surface area contributed by atoms with Crippen molar-refractivity contribution >= 4 is 28.4 Å². The van der Waals surface area contributed by atoms with Gasteiger partial charge in [0.25, 0.3) is 0 Å². The van der Waals surface area contributed by atoms with Crippen molar-refractivity contribution in [2.24, 2.45) is 5.92 Å². The van der Waals surface area contributed by atoms with E-state index in [1.165, 1.54) is 0 Å². The Balaban J connectivity index is 1.26. The van der Waals surface area contributed by atoms with E-state index < -0.39 is 0 Å². The Labute approximate surface area is 187 Å². The van der Waals surface area contributed by atoms with Crippen LogP contribution in [0.15, 0.2) is 48.8 Å². The fourth-order valence-electron chi connectivity index (χ4n) is 4.34. The topological polar surface area (TPSA) is 89.5 Å². The number of morpholine rings is 1. The van der Waals surface area contributed by atoms with Crippen molar-refractivity contribution in [1.82, 2.24) is 15.0 Å². The predicted molar refractivity (Wildman–Crippen MR) is 122 cm³/mol. The minimum atomic E-state index is -0.0251. The summed E-state index contributed by atoms with van der Waals surface area (Å²) in [5, 5.41) is 3.83. The minimum Gasteiger partial charge on any atom is -0.474 e. The number of nitrogens with one attached hydrogen (secondary N) is 1. The minimum absolute atomic E-state index is 0.0251. The molecule has 0 aromatic carbocycles. The van der Waals surface area contributed by atoms with Gasteiger partial charge in [-0.3, -0.25) is 9.78 Å². The monoisotopic (exact) mass is 433 g/mol. The number of hydrogen-bond acceptors (Lipinski definition) is 7. The van der Waals surface area contributed by atoms with Crippen molar-refractivity contribution < 1.29 is 14.3 Å². The van der Waals surface area contributed by atoms with Crippen molar-refractivity contribution in [3.63, 3.8) is 0 Å². The zero-order valence-electron chi connectivity index (χ0n) is 17.9. The molecule has 1 aliphatic heterocycles. The van der Waals surface area contributed by atoms with Crippen molar-refractivity contribution in [3.8, 4) is 5.88 Å². The highest BCUT2D eigenvalue weighted by Gasteiger charge is 2.28. The van der Waals surface area contributed by atoms with Crippen LogP contribution in [0.25, 0.3) is 10.9 Å². The highest BCUT2D eigenvalue weighted by molar-refractivity contribution is 5.91. The van der Waals surface area contributed by atoms with Crippen LogP contribution in [-0.2, 0) is 9.53 Å². The quantitative estimate of drug-likeness (QED) is 0.659. The van der Waals surface area contributed by atoms with Gasteiger partial charge in [-0.2, -0.15) is 4.98 Å². The van der Waals surface area contributed by atoms with Gasteiger partial charge in [-0.25, -0.2) is 4.98 Å². The molecule has 4 heterocycles. The number of nitrogens with zero attached hydrogens (tertiary/aromatic N) is 4. The molecule has 0 spiro atoms. The van der Waals surface area contributed by atoms with Gasteiger partial charge < -0.3 is 19.7 Å². The van der Waals surface area contributed by atoms with E-state index in [4.69, 9.17) is 14.5 Å².